The van der Waals surface area contributed by atoms with Crippen LogP contribution in [0.5, 0.6) is 0 Å². The van der Waals surface area contributed by atoms with Crippen LogP contribution < -0.4 is 5.32 Å². The lowest BCUT2D eigenvalue weighted by atomic mass is 9.97. The molecule has 172 valence electrons. The fourth-order valence-electron chi connectivity index (χ4n) is 3.96. The number of fused-ring (bicyclic) bond motifs is 1. The molecule has 0 saturated carbocycles. The number of amides is 2. The van der Waals surface area contributed by atoms with Crippen LogP contribution >= 0.6 is 11.6 Å². The van der Waals surface area contributed by atoms with Crippen molar-refractivity contribution in [2.24, 2.45) is 0 Å². The fourth-order valence-corrected chi connectivity index (χ4v) is 4.18. The molecule has 0 fully saturated rings. The number of hydrogen-bond acceptors (Lipinski definition) is 4. The SMILES string of the molecule is CCC(=O)N1CCc2c(cccc2NCC(=O)N(CCN(C)C)Cc2cccc(Cl)c2)C1. The number of halogens is 1. The number of carbonyl (C=O) groups excluding carboxylic acids is 2. The van der Waals surface area contributed by atoms with Gasteiger partial charge in [-0.25, -0.2) is 0 Å². The van der Waals surface area contributed by atoms with Gasteiger partial charge in [-0.15, -0.1) is 0 Å². The zero-order valence-electron chi connectivity index (χ0n) is 19.2. The van der Waals surface area contributed by atoms with E-state index in [1.807, 2.05) is 67.2 Å². The molecule has 0 bridgehead atoms. The van der Waals surface area contributed by atoms with Crippen LogP contribution in [0.3, 0.4) is 0 Å². The molecule has 1 N–H and O–H groups in total. The molecule has 1 aliphatic heterocycles. The summed E-state index contributed by atoms with van der Waals surface area (Å²) in [6.07, 6.45) is 1.32. The minimum absolute atomic E-state index is 0.0445. The van der Waals surface area contributed by atoms with E-state index >= 15 is 0 Å². The quantitative estimate of drug-likeness (QED) is 0.626. The zero-order chi connectivity index (χ0) is 23.1. The Morgan fingerprint density at radius 2 is 1.91 bits per heavy atom. The van der Waals surface area contributed by atoms with Crippen molar-refractivity contribution < 1.29 is 9.59 Å². The van der Waals surface area contributed by atoms with E-state index in [0.717, 1.165) is 36.3 Å². The Morgan fingerprint density at radius 1 is 1.12 bits per heavy atom. The smallest absolute Gasteiger partial charge is 0.242 e. The number of hydrogen-bond donors (Lipinski definition) is 1. The first kappa shape index (κ1) is 24.1. The van der Waals surface area contributed by atoms with E-state index in [-0.39, 0.29) is 18.4 Å². The maximum Gasteiger partial charge on any atom is 0.242 e. The highest BCUT2D eigenvalue weighted by Gasteiger charge is 2.22. The third-order valence-electron chi connectivity index (χ3n) is 5.78. The number of carbonyl (C=O) groups is 2. The van der Waals surface area contributed by atoms with Crippen LogP contribution in [0.1, 0.15) is 30.0 Å². The molecule has 0 aliphatic carbocycles. The molecule has 1 heterocycles. The van der Waals surface area contributed by atoms with Crippen LogP contribution in [0.15, 0.2) is 42.5 Å². The van der Waals surface area contributed by atoms with E-state index in [0.29, 0.717) is 31.1 Å². The van der Waals surface area contributed by atoms with Gasteiger partial charge in [0.25, 0.3) is 0 Å². The van der Waals surface area contributed by atoms with Crippen molar-refractivity contribution in [3.8, 4) is 0 Å². The van der Waals surface area contributed by atoms with Crippen molar-refractivity contribution in [3.05, 3.63) is 64.2 Å². The highest BCUT2D eigenvalue weighted by atomic mass is 35.5. The Morgan fingerprint density at radius 3 is 2.62 bits per heavy atom. The van der Waals surface area contributed by atoms with Crippen LogP contribution in [-0.2, 0) is 29.1 Å². The maximum atomic E-state index is 13.1. The average molecular weight is 457 g/mol. The highest BCUT2D eigenvalue weighted by Crippen LogP contribution is 2.26. The summed E-state index contributed by atoms with van der Waals surface area (Å²) in [5.41, 5.74) is 4.35. The number of benzene rings is 2. The molecule has 0 spiro atoms. The first-order valence-corrected chi connectivity index (χ1v) is 11.5. The van der Waals surface area contributed by atoms with E-state index in [4.69, 9.17) is 11.6 Å². The number of rotatable bonds is 9. The molecule has 0 atom stereocenters. The molecule has 7 heteroatoms. The van der Waals surface area contributed by atoms with Gasteiger partial charge < -0.3 is 20.0 Å². The highest BCUT2D eigenvalue weighted by molar-refractivity contribution is 6.30. The average Bonchev–Trinajstić information content (AvgIpc) is 2.79. The molecule has 2 aromatic carbocycles. The standard InChI is InChI=1S/C25H33ClN4O2/c1-4-24(31)29-12-11-22-20(18-29)8-6-10-23(22)27-16-25(32)30(14-13-28(2)3)17-19-7-5-9-21(26)15-19/h5-10,15,27H,4,11-14,16-18H2,1-3H3. The minimum atomic E-state index is 0.0445. The summed E-state index contributed by atoms with van der Waals surface area (Å²) in [5.74, 6) is 0.227. The van der Waals surface area contributed by atoms with Gasteiger partial charge in [-0.1, -0.05) is 42.8 Å². The van der Waals surface area contributed by atoms with Crippen molar-refractivity contribution in [2.75, 3.05) is 45.6 Å². The molecule has 2 aromatic rings. The Hall–Kier alpha value is -2.57. The summed E-state index contributed by atoms with van der Waals surface area (Å²) in [6, 6.07) is 13.7. The first-order valence-electron chi connectivity index (χ1n) is 11.2. The molecular weight excluding hydrogens is 424 g/mol. The van der Waals surface area contributed by atoms with Crippen LogP contribution in [-0.4, -0.2) is 66.8 Å². The van der Waals surface area contributed by atoms with Crippen molar-refractivity contribution >= 4 is 29.1 Å². The fraction of sp³-hybridized carbons (Fsp3) is 0.440. The molecule has 0 radical (unpaired) electrons. The Bertz CT molecular complexity index is 947. The molecule has 0 saturated heterocycles. The molecule has 6 nitrogen and oxygen atoms in total. The van der Waals surface area contributed by atoms with Crippen LogP contribution in [0.25, 0.3) is 0 Å². The number of nitrogens with zero attached hydrogens (tertiary/aromatic N) is 3. The Balaban J connectivity index is 1.67. The van der Waals surface area contributed by atoms with Gasteiger partial charge in [0.2, 0.25) is 11.8 Å². The van der Waals surface area contributed by atoms with E-state index in [9.17, 15) is 9.59 Å². The van der Waals surface area contributed by atoms with Crippen molar-refractivity contribution in [1.82, 2.24) is 14.7 Å². The van der Waals surface area contributed by atoms with Gasteiger partial charge >= 0.3 is 0 Å². The topological polar surface area (TPSA) is 55.9 Å². The molecule has 3 rings (SSSR count). The second kappa shape index (κ2) is 11.3. The Kier molecular flexibility index (Phi) is 8.53. The van der Waals surface area contributed by atoms with E-state index < -0.39 is 0 Å². The summed E-state index contributed by atoms with van der Waals surface area (Å²) in [5, 5.41) is 4.03. The van der Waals surface area contributed by atoms with E-state index in [1.54, 1.807) is 0 Å². The van der Waals surface area contributed by atoms with Gasteiger partial charge in [-0.2, -0.15) is 0 Å². The van der Waals surface area contributed by atoms with Gasteiger partial charge in [-0.05, 0) is 55.4 Å². The molecular formula is C25H33ClN4O2. The molecule has 2 amide bonds. The van der Waals surface area contributed by atoms with Crippen LogP contribution in [0.4, 0.5) is 5.69 Å². The molecule has 0 unspecified atom stereocenters. The summed E-state index contributed by atoms with van der Waals surface area (Å²) in [4.78, 5) is 31.1. The summed E-state index contributed by atoms with van der Waals surface area (Å²) < 4.78 is 0. The van der Waals surface area contributed by atoms with Gasteiger partial charge in [0.15, 0.2) is 0 Å². The van der Waals surface area contributed by atoms with Crippen molar-refractivity contribution in [1.29, 1.82) is 0 Å². The second-order valence-corrected chi connectivity index (χ2v) is 8.90. The van der Waals surface area contributed by atoms with Crippen LogP contribution in [0, 0.1) is 0 Å². The van der Waals surface area contributed by atoms with Crippen molar-refractivity contribution in [2.45, 2.75) is 32.9 Å². The number of anilines is 1. The first-order chi connectivity index (χ1) is 15.4. The van der Waals surface area contributed by atoms with E-state index in [1.165, 1.54) is 5.56 Å². The van der Waals surface area contributed by atoms with Gasteiger partial charge in [0.05, 0.1) is 6.54 Å². The lowest BCUT2D eigenvalue weighted by Gasteiger charge is -2.30. The normalized spacial score (nSPS) is 13.1. The maximum absolute atomic E-state index is 13.1. The Labute approximate surface area is 196 Å². The molecule has 0 aromatic heterocycles. The van der Waals surface area contributed by atoms with Gasteiger partial charge in [-0.3, -0.25) is 9.59 Å². The van der Waals surface area contributed by atoms with E-state index in [2.05, 4.69) is 16.3 Å². The monoisotopic (exact) mass is 456 g/mol. The predicted molar refractivity (Wildman–Crippen MR) is 130 cm³/mol. The third-order valence-corrected chi connectivity index (χ3v) is 6.02. The third kappa shape index (κ3) is 6.47. The summed E-state index contributed by atoms with van der Waals surface area (Å²) in [7, 11) is 4.01. The van der Waals surface area contributed by atoms with Gasteiger partial charge in [0, 0.05) is 49.9 Å². The number of likely N-dealkylation sites (N-methyl/N-ethyl adjacent to an activating group) is 1. The summed E-state index contributed by atoms with van der Waals surface area (Å²) >= 11 is 6.13. The van der Waals surface area contributed by atoms with Gasteiger partial charge in [0.1, 0.15) is 0 Å². The number of nitrogens with one attached hydrogen (secondary N) is 1. The largest absolute Gasteiger partial charge is 0.376 e. The minimum Gasteiger partial charge on any atom is -0.376 e. The second-order valence-electron chi connectivity index (χ2n) is 8.46. The lowest BCUT2D eigenvalue weighted by molar-refractivity contribution is -0.132. The zero-order valence-corrected chi connectivity index (χ0v) is 20.0. The molecule has 32 heavy (non-hydrogen) atoms. The predicted octanol–water partition coefficient (Wildman–Crippen LogP) is 3.64. The lowest BCUT2D eigenvalue weighted by Crippen LogP contribution is -2.39. The molecule has 1 aliphatic rings. The van der Waals surface area contributed by atoms with Crippen molar-refractivity contribution in [3.63, 3.8) is 0 Å². The van der Waals surface area contributed by atoms with Crippen LogP contribution in [0.2, 0.25) is 5.02 Å². The summed E-state index contributed by atoms with van der Waals surface area (Å²) in [6.45, 7) is 5.42.